The average Bonchev–Trinajstić information content (AvgIpc) is 2.88. The lowest BCUT2D eigenvalue weighted by Gasteiger charge is -2.15. The summed E-state index contributed by atoms with van der Waals surface area (Å²) in [7, 11) is 0. The third-order valence-electron chi connectivity index (χ3n) is 2.77. The number of aryl methyl sites for hydroxylation is 1. The van der Waals surface area contributed by atoms with Crippen LogP contribution in [0.15, 0.2) is 24.5 Å². The maximum absolute atomic E-state index is 4.33. The largest absolute Gasteiger partial charge is 0.356 e. The average molecular weight is 249 g/mol. The first-order valence-electron chi connectivity index (χ1n) is 6.02. The Hall–Kier alpha value is -1.29. The molecule has 1 N–H and O–H groups in total. The first kappa shape index (κ1) is 12.2. The summed E-state index contributed by atoms with van der Waals surface area (Å²) in [4.78, 5) is 7.14. The van der Waals surface area contributed by atoms with E-state index in [4.69, 9.17) is 0 Å². The summed E-state index contributed by atoms with van der Waals surface area (Å²) in [6.07, 6.45) is 4.96. The van der Waals surface area contributed by atoms with Crippen LogP contribution in [0.5, 0.6) is 0 Å². The Balaban J connectivity index is 2.08. The molecule has 0 saturated heterocycles. The zero-order valence-electron chi connectivity index (χ0n) is 10.6. The van der Waals surface area contributed by atoms with Gasteiger partial charge in [-0.15, -0.1) is 11.3 Å². The zero-order valence-corrected chi connectivity index (χ0v) is 11.4. The number of aromatic nitrogens is 2. The fraction of sp³-hybridized carbons (Fsp3) is 0.462. The lowest BCUT2D eigenvalue weighted by atomic mass is 10.2. The number of nitrogens with one attached hydrogen (secondary N) is 1. The minimum absolute atomic E-state index is 0.435. The smallest absolute Gasteiger partial charge is 0.203 e. The molecule has 0 fully saturated rings. The SMILES string of the molecule is CCNc1nccn1C(C)Cc1ccc(C)s1. The number of hydrogen-bond donors (Lipinski definition) is 1. The van der Waals surface area contributed by atoms with Crippen molar-refractivity contribution in [1.82, 2.24) is 9.55 Å². The van der Waals surface area contributed by atoms with Gasteiger partial charge in [-0.2, -0.15) is 0 Å². The highest BCUT2D eigenvalue weighted by Crippen LogP contribution is 2.23. The van der Waals surface area contributed by atoms with E-state index < -0.39 is 0 Å². The van der Waals surface area contributed by atoms with E-state index >= 15 is 0 Å². The highest BCUT2D eigenvalue weighted by molar-refractivity contribution is 7.11. The van der Waals surface area contributed by atoms with Crippen molar-refractivity contribution in [2.24, 2.45) is 0 Å². The van der Waals surface area contributed by atoms with Crippen molar-refractivity contribution in [1.29, 1.82) is 0 Å². The number of imidazole rings is 1. The van der Waals surface area contributed by atoms with E-state index in [1.54, 1.807) is 0 Å². The molecule has 17 heavy (non-hydrogen) atoms. The third-order valence-corrected chi connectivity index (χ3v) is 3.79. The lowest BCUT2D eigenvalue weighted by molar-refractivity contribution is 0.553. The molecule has 2 rings (SSSR count). The maximum atomic E-state index is 4.33. The van der Waals surface area contributed by atoms with Gasteiger partial charge in [-0.25, -0.2) is 4.98 Å². The van der Waals surface area contributed by atoms with Crippen LogP contribution in [0.4, 0.5) is 5.95 Å². The van der Waals surface area contributed by atoms with Crippen LogP contribution in [0.2, 0.25) is 0 Å². The first-order chi connectivity index (χ1) is 8.20. The van der Waals surface area contributed by atoms with E-state index in [1.807, 2.05) is 23.7 Å². The summed E-state index contributed by atoms with van der Waals surface area (Å²) in [6, 6.07) is 4.84. The van der Waals surface area contributed by atoms with Gasteiger partial charge < -0.3 is 9.88 Å². The molecule has 0 saturated carbocycles. The predicted octanol–water partition coefficient (Wildman–Crippen LogP) is 3.49. The van der Waals surface area contributed by atoms with Gasteiger partial charge in [0.05, 0.1) is 0 Å². The summed E-state index contributed by atoms with van der Waals surface area (Å²) in [6.45, 7) is 7.38. The van der Waals surface area contributed by atoms with E-state index in [9.17, 15) is 0 Å². The van der Waals surface area contributed by atoms with Crippen molar-refractivity contribution in [3.05, 3.63) is 34.3 Å². The molecule has 2 heterocycles. The Kier molecular flexibility index (Phi) is 3.84. The second-order valence-corrected chi connectivity index (χ2v) is 5.63. The highest BCUT2D eigenvalue weighted by Gasteiger charge is 2.10. The minimum atomic E-state index is 0.435. The predicted molar refractivity (Wildman–Crippen MR) is 73.9 cm³/mol. The number of thiophene rings is 1. The summed E-state index contributed by atoms with van der Waals surface area (Å²) < 4.78 is 2.21. The van der Waals surface area contributed by atoms with Crippen molar-refractivity contribution in [2.45, 2.75) is 33.2 Å². The minimum Gasteiger partial charge on any atom is -0.356 e. The molecule has 1 unspecified atom stereocenters. The van der Waals surface area contributed by atoms with Gasteiger partial charge in [0.25, 0.3) is 0 Å². The van der Waals surface area contributed by atoms with Crippen LogP contribution in [0, 0.1) is 6.92 Å². The molecular formula is C13H19N3S. The molecule has 0 aliphatic carbocycles. The summed E-state index contributed by atoms with van der Waals surface area (Å²) in [5.41, 5.74) is 0. The van der Waals surface area contributed by atoms with Gasteiger partial charge in [0, 0.05) is 41.2 Å². The van der Waals surface area contributed by atoms with E-state index in [0.717, 1.165) is 18.9 Å². The van der Waals surface area contributed by atoms with Crippen LogP contribution in [0.25, 0.3) is 0 Å². The van der Waals surface area contributed by atoms with Gasteiger partial charge in [-0.1, -0.05) is 0 Å². The molecule has 2 aromatic rings. The summed E-state index contributed by atoms with van der Waals surface area (Å²) >= 11 is 1.88. The Labute approximate surface area is 107 Å². The molecule has 0 bridgehead atoms. The molecule has 0 radical (unpaired) electrons. The molecule has 0 aromatic carbocycles. The second-order valence-electron chi connectivity index (χ2n) is 4.25. The standard InChI is InChI=1S/C13H19N3S/c1-4-14-13-15-7-8-16(13)10(2)9-12-6-5-11(3)17-12/h5-8,10H,4,9H2,1-3H3,(H,14,15). The van der Waals surface area contributed by atoms with Crippen LogP contribution in [0.3, 0.4) is 0 Å². The van der Waals surface area contributed by atoms with E-state index in [1.165, 1.54) is 9.75 Å². The van der Waals surface area contributed by atoms with Gasteiger partial charge in [0.1, 0.15) is 0 Å². The topological polar surface area (TPSA) is 29.9 Å². The highest BCUT2D eigenvalue weighted by atomic mass is 32.1. The first-order valence-corrected chi connectivity index (χ1v) is 6.84. The van der Waals surface area contributed by atoms with Crippen LogP contribution in [-0.4, -0.2) is 16.1 Å². The second kappa shape index (κ2) is 5.36. The molecule has 0 amide bonds. The van der Waals surface area contributed by atoms with Gasteiger partial charge in [-0.05, 0) is 32.9 Å². The fourth-order valence-electron chi connectivity index (χ4n) is 1.95. The number of hydrogen-bond acceptors (Lipinski definition) is 3. The molecule has 0 aliphatic heterocycles. The number of nitrogens with zero attached hydrogens (tertiary/aromatic N) is 2. The monoisotopic (exact) mass is 249 g/mol. The van der Waals surface area contributed by atoms with Gasteiger partial charge in [-0.3, -0.25) is 0 Å². The maximum Gasteiger partial charge on any atom is 0.203 e. The summed E-state index contributed by atoms with van der Waals surface area (Å²) in [5, 5.41) is 3.28. The molecule has 0 aliphatic rings. The van der Waals surface area contributed by atoms with Crippen molar-refractivity contribution in [3.8, 4) is 0 Å². The Morgan fingerprint density at radius 2 is 2.29 bits per heavy atom. The molecule has 2 aromatic heterocycles. The molecular weight excluding hydrogens is 230 g/mol. The Morgan fingerprint density at radius 3 is 2.94 bits per heavy atom. The van der Waals surface area contributed by atoms with Crippen LogP contribution in [0.1, 0.15) is 29.6 Å². The summed E-state index contributed by atoms with van der Waals surface area (Å²) in [5.74, 6) is 0.966. The van der Waals surface area contributed by atoms with Crippen molar-refractivity contribution >= 4 is 17.3 Å². The lowest BCUT2D eigenvalue weighted by Crippen LogP contribution is -2.11. The van der Waals surface area contributed by atoms with Gasteiger partial charge >= 0.3 is 0 Å². The van der Waals surface area contributed by atoms with E-state index in [0.29, 0.717) is 6.04 Å². The normalized spacial score (nSPS) is 12.6. The van der Waals surface area contributed by atoms with Crippen LogP contribution in [-0.2, 0) is 6.42 Å². The number of rotatable bonds is 5. The van der Waals surface area contributed by atoms with Crippen molar-refractivity contribution in [3.63, 3.8) is 0 Å². The quantitative estimate of drug-likeness (QED) is 0.879. The van der Waals surface area contributed by atoms with Crippen LogP contribution < -0.4 is 5.32 Å². The molecule has 3 nitrogen and oxygen atoms in total. The molecule has 1 atom stereocenters. The Morgan fingerprint density at radius 1 is 1.47 bits per heavy atom. The molecule has 92 valence electrons. The molecule has 4 heteroatoms. The third kappa shape index (κ3) is 2.88. The van der Waals surface area contributed by atoms with Crippen molar-refractivity contribution in [2.75, 3.05) is 11.9 Å². The van der Waals surface area contributed by atoms with E-state index in [-0.39, 0.29) is 0 Å². The van der Waals surface area contributed by atoms with Gasteiger partial charge in [0.2, 0.25) is 5.95 Å². The van der Waals surface area contributed by atoms with E-state index in [2.05, 4.69) is 47.8 Å². The number of anilines is 1. The van der Waals surface area contributed by atoms with Crippen LogP contribution >= 0.6 is 11.3 Å². The Bertz CT molecular complexity index is 472. The van der Waals surface area contributed by atoms with Gasteiger partial charge in [0.15, 0.2) is 0 Å². The van der Waals surface area contributed by atoms with Crippen molar-refractivity contribution < 1.29 is 0 Å². The fourth-order valence-corrected chi connectivity index (χ4v) is 2.96. The molecule has 0 spiro atoms. The zero-order chi connectivity index (χ0) is 12.3.